The van der Waals surface area contributed by atoms with Crippen molar-refractivity contribution in [2.45, 2.75) is 77.2 Å². The Labute approximate surface area is 202 Å². The number of hydrogen-bond acceptors (Lipinski definition) is 3. The molecular weight excluding hydrogens is 422 g/mol. The number of terminal acetylenes is 1. The van der Waals surface area contributed by atoms with Crippen molar-refractivity contribution < 1.29 is 14.4 Å². The second-order valence-electron chi connectivity index (χ2n) is 10.9. The normalized spacial score (nSPS) is 34.4. The molecule has 0 spiro atoms. The first kappa shape index (κ1) is 22.8. The van der Waals surface area contributed by atoms with Crippen LogP contribution in [0.4, 0.5) is 0 Å². The van der Waals surface area contributed by atoms with Gasteiger partial charge in [-0.25, -0.2) is 0 Å². The van der Waals surface area contributed by atoms with Crippen LogP contribution in [0.1, 0.15) is 87.6 Å². The van der Waals surface area contributed by atoms with E-state index in [4.69, 9.17) is 6.42 Å². The number of rotatable bonds is 3. The maximum atomic E-state index is 12.2. The highest BCUT2D eigenvalue weighted by Gasteiger charge is 2.63. The zero-order valence-corrected chi connectivity index (χ0v) is 20.4. The Morgan fingerprint density at radius 3 is 2.47 bits per heavy atom. The van der Waals surface area contributed by atoms with E-state index in [1.807, 2.05) is 18.2 Å². The summed E-state index contributed by atoms with van der Waals surface area (Å²) in [5, 5.41) is 3.21. The summed E-state index contributed by atoms with van der Waals surface area (Å²) in [6.45, 7) is 5.43. The molecule has 4 aliphatic rings. The summed E-state index contributed by atoms with van der Waals surface area (Å²) >= 11 is 0. The summed E-state index contributed by atoms with van der Waals surface area (Å²) in [6.07, 6.45) is 14.0. The highest BCUT2D eigenvalue weighted by atomic mass is 16.1. The van der Waals surface area contributed by atoms with E-state index in [2.05, 4.69) is 30.3 Å². The molecule has 34 heavy (non-hydrogen) atoms. The number of nitrogens with one attached hydrogen (secondary N) is 1. The van der Waals surface area contributed by atoms with Gasteiger partial charge in [0.2, 0.25) is 5.91 Å². The fourth-order valence-corrected chi connectivity index (χ4v) is 7.72. The Balaban J connectivity index is 1.68. The maximum absolute atomic E-state index is 12.2. The van der Waals surface area contributed by atoms with Crippen molar-refractivity contribution in [3.8, 4) is 12.3 Å². The average molecular weight is 456 g/mol. The van der Waals surface area contributed by atoms with E-state index in [0.29, 0.717) is 23.8 Å². The zero-order valence-electron chi connectivity index (χ0n) is 20.4. The SMILES string of the molecule is C#C[C@]1(NC(C)=O)CC[C@H]2[C@@H]3CCC4=CC(=O)CCC4=C3[C@@H](c3ccc(C(C)=O)cc3)C[C@@]21C. The van der Waals surface area contributed by atoms with Crippen molar-refractivity contribution in [2.75, 3.05) is 0 Å². The van der Waals surface area contributed by atoms with Crippen LogP contribution in [0.3, 0.4) is 0 Å². The lowest BCUT2D eigenvalue weighted by Gasteiger charge is -2.55. The van der Waals surface area contributed by atoms with Crippen LogP contribution in [0.5, 0.6) is 0 Å². The molecule has 176 valence electrons. The van der Waals surface area contributed by atoms with E-state index in [1.165, 1.54) is 22.3 Å². The van der Waals surface area contributed by atoms with Crippen LogP contribution in [-0.4, -0.2) is 23.0 Å². The van der Waals surface area contributed by atoms with Gasteiger partial charge < -0.3 is 5.32 Å². The molecule has 0 unspecified atom stereocenters. The van der Waals surface area contributed by atoms with Gasteiger partial charge in [0.05, 0.1) is 0 Å². The summed E-state index contributed by atoms with van der Waals surface area (Å²) in [7, 11) is 0. The van der Waals surface area contributed by atoms with E-state index in [1.54, 1.807) is 13.8 Å². The molecule has 4 heteroatoms. The molecule has 2 fully saturated rings. The molecule has 0 aromatic heterocycles. The highest BCUT2D eigenvalue weighted by molar-refractivity contribution is 5.94. The summed E-state index contributed by atoms with van der Waals surface area (Å²) in [5.41, 5.74) is 5.10. The standard InChI is InChI=1S/C30H33NO3/c1-5-30(31-19(3)33)15-14-27-25-12-10-22-16-23(34)11-13-24(22)28(25)26(17-29(27,30)4)21-8-6-20(7-9-21)18(2)32/h1,6-9,16,25-27H,10-15,17H2,2-4H3,(H,31,33)/t25-,26+,27-,29-,30-/m0/s1. The summed E-state index contributed by atoms with van der Waals surface area (Å²) in [6, 6.07) is 8.03. The number of amides is 1. The number of benzene rings is 1. The van der Waals surface area contributed by atoms with Crippen LogP contribution < -0.4 is 5.32 Å². The summed E-state index contributed by atoms with van der Waals surface area (Å²) in [5.74, 6) is 4.20. The Kier molecular flexibility index (Phi) is 5.43. The topological polar surface area (TPSA) is 63.2 Å². The molecule has 5 rings (SSSR count). The van der Waals surface area contributed by atoms with Gasteiger partial charge in [-0.15, -0.1) is 6.42 Å². The van der Waals surface area contributed by atoms with Crippen LogP contribution in [0.2, 0.25) is 0 Å². The zero-order chi connectivity index (χ0) is 24.3. The first-order valence-corrected chi connectivity index (χ1v) is 12.5. The molecule has 0 bridgehead atoms. The van der Waals surface area contributed by atoms with Gasteiger partial charge in [0.25, 0.3) is 0 Å². The highest BCUT2D eigenvalue weighted by Crippen LogP contribution is 2.66. The Morgan fingerprint density at radius 1 is 1.09 bits per heavy atom. The minimum atomic E-state index is -0.657. The Bertz CT molecular complexity index is 1180. The van der Waals surface area contributed by atoms with Crippen LogP contribution in [-0.2, 0) is 9.59 Å². The lowest BCUT2D eigenvalue weighted by atomic mass is 9.50. The van der Waals surface area contributed by atoms with Crippen molar-refractivity contribution in [1.29, 1.82) is 0 Å². The molecule has 0 aliphatic heterocycles. The molecule has 4 aliphatic carbocycles. The fraction of sp³-hybridized carbons (Fsp3) is 0.500. The molecular formula is C30H33NO3. The predicted octanol–water partition coefficient (Wildman–Crippen LogP) is 5.30. The largest absolute Gasteiger partial charge is 0.340 e. The number of Topliss-reactive ketones (excluding diaryl/α,β-unsaturated/α-hetero) is 1. The number of carbonyl (C=O) groups excluding carboxylic acids is 3. The number of hydrogen-bond donors (Lipinski definition) is 1. The molecule has 1 N–H and O–H groups in total. The minimum absolute atomic E-state index is 0.0589. The number of allylic oxidation sites excluding steroid dienone is 4. The Morgan fingerprint density at radius 2 is 1.82 bits per heavy atom. The third-order valence-corrected chi connectivity index (χ3v) is 9.29. The lowest BCUT2D eigenvalue weighted by Crippen LogP contribution is -2.59. The van der Waals surface area contributed by atoms with E-state index < -0.39 is 5.54 Å². The molecule has 1 amide bonds. The Hall–Kier alpha value is -2.93. The summed E-state index contributed by atoms with van der Waals surface area (Å²) < 4.78 is 0. The van der Waals surface area contributed by atoms with Gasteiger partial charge >= 0.3 is 0 Å². The van der Waals surface area contributed by atoms with E-state index in [-0.39, 0.29) is 28.8 Å². The molecule has 1 aromatic rings. The third kappa shape index (κ3) is 3.32. The van der Waals surface area contributed by atoms with Crippen LogP contribution >= 0.6 is 0 Å². The summed E-state index contributed by atoms with van der Waals surface area (Å²) in [4.78, 5) is 36.3. The van der Waals surface area contributed by atoms with Gasteiger partial charge in [0, 0.05) is 30.2 Å². The number of fused-ring (bicyclic) bond motifs is 4. The number of ketones is 2. The van der Waals surface area contributed by atoms with Crippen molar-refractivity contribution in [1.82, 2.24) is 5.32 Å². The van der Waals surface area contributed by atoms with E-state index >= 15 is 0 Å². The van der Waals surface area contributed by atoms with Gasteiger partial charge in [-0.2, -0.15) is 0 Å². The van der Waals surface area contributed by atoms with Crippen molar-refractivity contribution >= 4 is 17.5 Å². The lowest BCUT2D eigenvalue weighted by molar-refractivity contribution is -0.122. The van der Waals surface area contributed by atoms with E-state index in [9.17, 15) is 14.4 Å². The second kappa shape index (κ2) is 8.08. The molecule has 4 nitrogen and oxygen atoms in total. The first-order chi connectivity index (χ1) is 16.2. The van der Waals surface area contributed by atoms with Crippen molar-refractivity contribution in [3.63, 3.8) is 0 Å². The minimum Gasteiger partial charge on any atom is -0.340 e. The van der Waals surface area contributed by atoms with Crippen LogP contribution in [0.25, 0.3) is 0 Å². The third-order valence-electron chi connectivity index (χ3n) is 9.29. The monoisotopic (exact) mass is 455 g/mol. The van der Waals surface area contributed by atoms with Gasteiger partial charge in [-0.05, 0) is 80.1 Å². The second-order valence-corrected chi connectivity index (χ2v) is 10.9. The van der Waals surface area contributed by atoms with Gasteiger partial charge in [-0.3, -0.25) is 14.4 Å². The quantitative estimate of drug-likeness (QED) is 0.497. The molecule has 2 saturated carbocycles. The smallest absolute Gasteiger partial charge is 0.218 e. The van der Waals surface area contributed by atoms with Gasteiger partial charge in [0.15, 0.2) is 11.6 Å². The molecule has 5 atom stereocenters. The first-order valence-electron chi connectivity index (χ1n) is 12.5. The predicted molar refractivity (Wildman–Crippen MR) is 132 cm³/mol. The average Bonchev–Trinajstić information content (AvgIpc) is 3.09. The van der Waals surface area contributed by atoms with Crippen LogP contribution in [0, 0.1) is 29.6 Å². The maximum Gasteiger partial charge on any atom is 0.218 e. The molecule has 0 radical (unpaired) electrons. The van der Waals surface area contributed by atoms with Gasteiger partial charge in [0.1, 0.15) is 5.54 Å². The fourth-order valence-electron chi connectivity index (χ4n) is 7.72. The molecule has 0 heterocycles. The van der Waals surface area contributed by atoms with E-state index in [0.717, 1.165) is 38.5 Å². The van der Waals surface area contributed by atoms with Crippen molar-refractivity contribution in [3.05, 3.63) is 58.2 Å². The van der Waals surface area contributed by atoms with Crippen LogP contribution in [0.15, 0.2) is 47.1 Å². The van der Waals surface area contributed by atoms with Crippen molar-refractivity contribution in [2.24, 2.45) is 17.3 Å². The molecule has 0 saturated heterocycles. The number of carbonyl (C=O) groups is 3. The molecule has 1 aromatic carbocycles. The van der Waals surface area contributed by atoms with Gasteiger partial charge in [-0.1, -0.05) is 42.7 Å².